The second-order valence-electron chi connectivity index (χ2n) is 6.24. The van der Waals surface area contributed by atoms with Gasteiger partial charge in [-0.2, -0.15) is 0 Å². The van der Waals surface area contributed by atoms with Gasteiger partial charge < -0.3 is 10.2 Å². The molecule has 1 heterocycles. The Bertz CT molecular complexity index is 911. The van der Waals surface area contributed by atoms with Crippen molar-refractivity contribution in [1.29, 1.82) is 0 Å². The highest BCUT2D eigenvalue weighted by atomic mass is 16.2. The largest absolute Gasteiger partial charge is 0.347 e. The Morgan fingerprint density at radius 2 is 1.56 bits per heavy atom. The number of benzene rings is 2. The highest BCUT2D eigenvalue weighted by molar-refractivity contribution is 5.98. The molecule has 0 aliphatic carbocycles. The summed E-state index contributed by atoms with van der Waals surface area (Å²) in [6.45, 7) is 0.908. The molecule has 0 fully saturated rings. The van der Waals surface area contributed by atoms with Crippen LogP contribution in [0.15, 0.2) is 79.0 Å². The van der Waals surface area contributed by atoms with Gasteiger partial charge in [0, 0.05) is 31.9 Å². The van der Waals surface area contributed by atoms with E-state index in [-0.39, 0.29) is 17.5 Å². The highest BCUT2D eigenvalue weighted by Gasteiger charge is 2.15. The molecule has 0 spiro atoms. The van der Waals surface area contributed by atoms with Crippen molar-refractivity contribution in [3.05, 3.63) is 101 Å². The van der Waals surface area contributed by atoms with Crippen molar-refractivity contribution in [3.8, 4) is 0 Å². The molecule has 0 unspecified atom stereocenters. The van der Waals surface area contributed by atoms with Gasteiger partial charge in [0.25, 0.3) is 11.8 Å². The first-order valence-corrected chi connectivity index (χ1v) is 8.71. The zero-order valence-corrected chi connectivity index (χ0v) is 15.1. The number of nitrogens with zero attached hydrogens (tertiary/aromatic N) is 2. The number of hydrogen-bond donors (Lipinski definition) is 1. The van der Waals surface area contributed by atoms with Crippen molar-refractivity contribution in [2.75, 3.05) is 7.05 Å². The molecule has 136 valence electrons. The van der Waals surface area contributed by atoms with Crippen LogP contribution in [0.5, 0.6) is 0 Å². The van der Waals surface area contributed by atoms with E-state index < -0.39 is 0 Å². The van der Waals surface area contributed by atoms with Gasteiger partial charge in [-0.3, -0.25) is 14.6 Å². The van der Waals surface area contributed by atoms with E-state index in [4.69, 9.17) is 0 Å². The van der Waals surface area contributed by atoms with Crippen LogP contribution in [0.4, 0.5) is 0 Å². The summed E-state index contributed by atoms with van der Waals surface area (Å²) in [5.41, 5.74) is 2.71. The van der Waals surface area contributed by atoms with Crippen molar-refractivity contribution in [2.45, 2.75) is 13.1 Å². The second-order valence-corrected chi connectivity index (χ2v) is 6.24. The van der Waals surface area contributed by atoms with Gasteiger partial charge >= 0.3 is 0 Å². The van der Waals surface area contributed by atoms with Crippen LogP contribution in [0, 0.1) is 0 Å². The number of nitrogens with one attached hydrogen (secondary N) is 1. The molecule has 1 N–H and O–H groups in total. The minimum atomic E-state index is -0.306. The Labute approximate surface area is 158 Å². The van der Waals surface area contributed by atoms with E-state index in [0.29, 0.717) is 18.7 Å². The van der Waals surface area contributed by atoms with Crippen LogP contribution in [0.3, 0.4) is 0 Å². The van der Waals surface area contributed by atoms with Gasteiger partial charge in [0.1, 0.15) is 5.69 Å². The molecule has 0 bridgehead atoms. The number of pyridine rings is 1. The lowest BCUT2D eigenvalue weighted by atomic mass is 10.1. The van der Waals surface area contributed by atoms with Crippen molar-refractivity contribution in [3.63, 3.8) is 0 Å². The fraction of sp³-hybridized carbons (Fsp3) is 0.136. The molecule has 5 heteroatoms. The zero-order valence-electron chi connectivity index (χ0n) is 15.1. The summed E-state index contributed by atoms with van der Waals surface area (Å²) >= 11 is 0. The molecule has 0 aliphatic rings. The predicted octanol–water partition coefficient (Wildman–Crippen LogP) is 3.28. The Morgan fingerprint density at radius 1 is 0.926 bits per heavy atom. The van der Waals surface area contributed by atoms with Gasteiger partial charge in [-0.1, -0.05) is 60.7 Å². The predicted molar refractivity (Wildman–Crippen MR) is 104 cm³/mol. The Balaban J connectivity index is 1.65. The van der Waals surface area contributed by atoms with E-state index in [9.17, 15) is 9.59 Å². The SMILES string of the molecule is CN(Cc1ccccc1)C(=O)c1ccnc(C(=O)NCc2ccccc2)c1. The molecule has 5 nitrogen and oxygen atoms in total. The molecule has 1 aromatic heterocycles. The molecule has 0 atom stereocenters. The molecule has 0 saturated carbocycles. The van der Waals surface area contributed by atoms with E-state index >= 15 is 0 Å². The molecule has 0 aliphatic heterocycles. The van der Waals surface area contributed by atoms with E-state index in [1.165, 1.54) is 12.3 Å². The minimum Gasteiger partial charge on any atom is -0.347 e. The van der Waals surface area contributed by atoms with Crippen molar-refractivity contribution in [1.82, 2.24) is 15.2 Å². The average molecular weight is 359 g/mol. The second kappa shape index (κ2) is 8.76. The maximum atomic E-state index is 12.7. The molecular weight excluding hydrogens is 338 g/mol. The van der Waals surface area contributed by atoms with Crippen molar-refractivity contribution >= 4 is 11.8 Å². The molecule has 2 amide bonds. The number of aromatic nitrogens is 1. The summed E-state index contributed by atoms with van der Waals surface area (Å²) in [4.78, 5) is 30.7. The standard InChI is InChI=1S/C22H21N3O2/c1-25(16-18-10-6-3-7-11-18)22(27)19-12-13-23-20(14-19)21(26)24-15-17-8-4-2-5-9-17/h2-14H,15-16H2,1H3,(H,24,26). The summed E-state index contributed by atoms with van der Waals surface area (Å²) in [5, 5.41) is 2.82. The van der Waals surface area contributed by atoms with E-state index in [1.54, 1.807) is 18.0 Å². The lowest BCUT2D eigenvalue weighted by Gasteiger charge is -2.17. The summed E-state index contributed by atoms with van der Waals surface area (Å²) in [7, 11) is 1.74. The molecule has 3 aromatic rings. The summed E-state index contributed by atoms with van der Waals surface area (Å²) in [6.07, 6.45) is 1.49. The summed E-state index contributed by atoms with van der Waals surface area (Å²) in [5.74, 6) is -0.461. The molecule has 0 radical (unpaired) electrons. The summed E-state index contributed by atoms with van der Waals surface area (Å²) in [6, 6.07) is 22.5. The molecule has 2 aromatic carbocycles. The van der Waals surface area contributed by atoms with Crippen LogP contribution in [0.1, 0.15) is 32.0 Å². The van der Waals surface area contributed by atoms with Crippen molar-refractivity contribution in [2.24, 2.45) is 0 Å². The normalized spacial score (nSPS) is 10.3. The Kier molecular flexibility index (Phi) is 5.94. The first-order chi connectivity index (χ1) is 13.1. The smallest absolute Gasteiger partial charge is 0.270 e. The van der Waals surface area contributed by atoms with E-state index in [2.05, 4.69) is 10.3 Å². The van der Waals surface area contributed by atoms with Crippen LogP contribution in [0.2, 0.25) is 0 Å². The van der Waals surface area contributed by atoms with Crippen LogP contribution < -0.4 is 5.32 Å². The van der Waals surface area contributed by atoms with Crippen LogP contribution in [-0.4, -0.2) is 28.7 Å². The Hall–Kier alpha value is -3.47. The van der Waals surface area contributed by atoms with Crippen LogP contribution in [0.25, 0.3) is 0 Å². The lowest BCUT2D eigenvalue weighted by Crippen LogP contribution is -2.27. The van der Waals surface area contributed by atoms with Gasteiger partial charge in [0.2, 0.25) is 0 Å². The topological polar surface area (TPSA) is 62.3 Å². The van der Waals surface area contributed by atoms with Crippen LogP contribution >= 0.6 is 0 Å². The monoisotopic (exact) mass is 359 g/mol. The molecule has 0 saturated heterocycles. The third-order valence-corrected chi connectivity index (χ3v) is 4.14. The number of hydrogen-bond acceptors (Lipinski definition) is 3. The van der Waals surface area contributed by atoms with Gasteiger partial charge in [-0.05, 0) is 23.3 Å². The Morgan fingerprint density at radius 3 is 2.22 bits per heavy atom. The minimum absolute atomic E-state index is 0.154. The third kappa shape index (κ3) is 5.01. The molecule has 27 heavy (non-hydrogen) atoms. The third-order valence-electron chi connectivity index (χ3n) is 4.14. The van der Waals surface area contributed by atoms with Gasteiger partial charge in [0.15, 0.2) is 0 Å². The van der Waals surface area contributed by atoms with Gasteiger partial charge in [-0.15, -0.1) is 0 Å². The lowest BCUT2D eigenvalue weighted by molar-refractivity contribution is 0.0785. The molecular formula is C22H21N3O2. The fourth-order valence-electron chi connectivity index (χ4n) is 2.71. The number of carbonyl (C=O) groups is 2. The van der Waals surface area contributed by atoms with Gasteiger partial charge in [-0.25, -0.2) is 0 Å². The molecule has 3 rings (SSSR count). The number of amides is 2. The van der Waals surface area contributed by atoms with Gasteiger partial charge in [0.05, 0.1) is 0 Å². The number of rotatable bonds is 6. The van der Waals surface area contributed by atoms with E-state index in [0.717, 1.165) is 11.1 Å². The zero-order chi connectivity index (χ0) is 19.1. The van der Waals surface area contributed by atoms with E-state index in [1.807, 2.05) is 60.7 Å². The first kappa shape index (κ1) is 18.3. The maximum absolute atomic E-state index is 12.7. The van der Waals surface area contributed by atoms with Crippen LogP contribution in [-0.2, 0) is 13.1 Å². The summed E-state index contributed by atoms with van der Waals surface area (Å²) < 4.78 is 0. The maximum Gasteiger partial charge on any atom is 0.270 e. The number of carbonyl (C=O) groups excluding carboxylic acids is 2. The quantitative estimate of drug-likeness (QED) is 0.735. The van der Waals surface area contributed by atoms with Crippen molar-refractivity contribution < 1.29 is 9.59 Å². The average Bonchev–Trinajstić information content (AvgIpc) is 2.73. The fourth-order valence-corrected chi connectivity index (χ4v) is 2.71. The first-order valence-electron chi connectivity index (χ1n) is 8.71. The highest BCUT2D eigenvalue weighted by Crippen LogP contribution is 2.09.